The molecule has 0 aliphatic carbocycles. The number of aryl methyl sites for hydroxylation is 1. The summed E-state index contributed by atoms with van der Waals surface area (Å²) >= 11 is 0. The third-order valence-electron chi connectivity index (χ3n) is 4.04. The van der Waals surface area contributed by atoms with Gasteiger partial charge < -0.3 is 14.6 Å². The fraction of sp³-hybridized carbons (Fsp3) is 0.438. The predicted octanol–water partition coefficient (Wildman–Crippen LogP) is 2.31. The van der Waals surface area contributed by atoms with E-state index in [1.54, 1.807) is 0 Å². The van der Waals surface area contributed by atoms with Crippen LogP contribution in [0.15, 0.2) is 18.2 Å². The Labute approximate surface area is 124 Å². The average Bonchev–Trinajstić information content (AvgIpc) is 2.74. The number of aliphatic hydroxyl groups is 1. The third kappa shape index (κ3) is 2.61. The van der Waals surface area contributed by atoms with Gasteiger partial charge in [0, 0.05) is 5.69 Å². The average molecular weight is 288 g/mol. The molecule has 0 radical (unpaired) electrons. The fourth-order valence-electron chi connectivity index (χ4n) is 2.50. The highest BCUT2D eigenvalue weighted by atomic mass is 16.6. The Hall–Kier alpha value is -2.01. The first-order valence-corrected chi connectivity index (χ1v) is 7.14. The molecule has 0 amide bonds. The summed E-state index contributed by atoms with van der Waals surface area (Å²) in [4.78, 5) is 0. The van der Waals surface area contributed by atoms with Gasteiger partial charge in [0.1, 0.15) is 13.2 Å². The smallest absolute Gasteiger partial charge is 0.161 e. The van der Waals surface area contributed by atoms with Gasteiger partial charge in [-0.15, -0.1) is 0 Å². The van der Waals surface area contributed by atoms with Crippen molar-refractivity contribution in [3.05, 3.63) is 40.7 Å². The summed E-state index contributed by atoms with van der Waals surface area (Å²) in [6.45, 7) is 7.59. The minimum atomic E-state index is -0.627. The number of fused-ring (bicyclic) bond motifs is 1. The highest BCUT2D eigenvalue weighted by molar-refractivity contribution is 5.44. The number of aliphatic hydroxyl groups excluding tert-OH is 1. The van der Waals surface area contributed by atoms with Crippen LogP contribution in [0.4, 0.5) is 0 Å². The van der Waals surface area contributed by atoms with Crippen LogP contribution in [0.5, 0.6) is 11.5 Å². The molecule has 1 aliphatic rings. The summed E-state index contributed by atoms with van der Waals surface area (Å²) in [5, 5.41) is 14.9. The topological polar surface area (TPSA) is 56.5 Å². The molecule has 1 aliphatic heterocycles. The minimum absolute atomic E-state index is 0.431. The molecule has 0 fully saturated rings. The van der Waals surface area contributed by atoms with Crippen LogP contribution in [0.1, 0.15) is 28.6 Å². The van der Waals surface area contributed by atoms with Crippen molar-refractivity contribution in [1.29, 1.82) is 0 Å². The molecule has 2 aromatic rings. The van der Waals surface area contributed by atoms with Gasteiger partial charge in [0.25, 0.3) is 0 Å². The van der Waals surface area contributed by atoms with Gasteiger partial charge in [-0.05, 0) is 44.0 Å². The molecule has 1 aromatic heterocycles. The van der Waals surface area contributed by atoms with Crippen molar-refractivity contribution >= 4 is 0 Å². The molecule has 5 heteroatoms. The van der Waals surface area contributed by atoms with Gasteiger partial charge in [-0.2, -0.15) is 5.10 Å². The van der Waals surface area contributed by atoms with Crippen molar-refractivity contribution in [2.24, 2.45) is 0 Å². The molecular weight excluding hydrogens is 268 g/mol. The van der Waals surface area contributed by atoms with E-state index in [9.17, 15) is 5.11 Å². The molecule has 1 aromatic carbocycles. The minimum Gasteiger partial charge on any atom is -0.486 e. The first-order chi connectivity index (χ1) is 10.1. The molecule has 21 heavy (non-hydrogen) atoms. The normalized spacial score (nSPS) is 15.0. The maximum atomic E-state index is 10.4. The SMILES string of the molecule is Cc1nn(CC(O)c2ccc3c(c2)OCCO3)c(C)c1C. The molecular formula is C16H20N2O3. The summed E-state index contributed by atoms with van der Waals surface area (Å²) < 4.78 is 12.9. The van der Waals surface area contributed by atoms with Gasteiger partial charge in [-0.1, -0.05) is 6.07 Å². The molecule has 1 unspecified atom stereocenters. The van der Waals surface area contributed by atoms with Crippen molar-refractivity contribution in [2.75, 3.05) is 13.2 Å². The fourth-order valence-corrected chi connectivity index (χ4v) is 2.50. The number of hydrogen-bond acceptors (Lipinski definition) is 4. The molecule has 1 atom stereocenters. The lowest BCUT2D eigenvalue weighted by atomic mass is 10.1. The maximum Gasteiger partial charge on any atom is 0.161 e. The van der Waals surface area contributed by atoms with Crippen LogP contribution in [0.25, 0.3) is 0 Å². The van der Waals surface area contributed by atoms with Crippen LogP contribution >= 0.6 is 0 Å². The molecule has 3 rings (SSSR count). The van der Waals surface area contributed by atoms with Crippen LogP contribution in [0.3, 0.4) is 0 Å². The van der Waals surface area contributed by atoms with Crippen LogP contribution in [0, 0.1) is 20.8 Å². The van der Waals surface area contributed by atoms with E-state index in [2.05, 4.69) is 5.10 Å². The quantitative estimate of drug-likeness (QED) is 0.941. The Morgan fingerprint density at radius 1 is 1.19 bits per heavy atom. The Bertz CT molecular complexity index is 664. The summed E-state index contributed by atoms with van der Waals surface area (Å²) in [7, 11) is 0. The molecule has 1 N–H and O–H groups in total. The van der Waals surface area contributed by atoms with Crippen molar-refractivity contribution in [1.82, 2.24) is 9.78 Å². The van der Waals surface area contributed by atoms with E-state index >= 15 is 0 Å². The van der Waals surface area contributed by atoms with Gasteiger partial charge in [-0.25, -0.2) is 0 Å². The second-order valence-electron chi connectivity index (χ2n) is 5.40. The first kappa shape index (κ1) is 13.9. The monoisotopic (exact) mass is 288 g/mol. The van der Waals surface area contributed by atoms with Crippen LogP contribution in [-0.2, 0) is 6.54 Å². The number of nitrogens with zero attached hydrogens (tertiary/aromatic N) is 2. The predicted molar refractivity (Wildman–Crippen MR) is 78.8 cm³/mol. The van der Waals surface area contributed by atoms with E-state index in [1.807, 2.05) is 43.7 Å². The molecule has 2 heterocycles. The van der Waals surface area contributed by atoms with Crippen molar-refractivity contribution in [2.45, 2.75) is 33.4 Å². The van der Waals surface area contributed by atoms with E-state index in [0.29, 0.717) is 25.5 Å². The molecule has 0 bridgehead atoms. The summed E-state index contributed by atoms with van der Waals surface area (Å²) in [5.74, 6) is 1.43. The summed E-state index contributed by atoms with van der Waals surface area (Å²) in [6, 6.07) is 5.56. The Morgan fingerprint density at radius 2 is 1.90 bits per heavy atom. The van der Waals surface area contributed by atoms with Gasteiger partial charge in [0.15, 0.2) is 11.5 Å². The summed E-state index contributed by atoms with van der Waals surface area (Å²) in [6.07, 6.45) is -0.627. The van der Waals surface area contributed by atoms with Crippen molar-refractivity contribution in [3.8, 4) is 11.5 Å². The lowest BCUT2D eigenvalue weighted by Crippen LogP contribution is -2.16. The van der Waals surface area contributed by atoms with Gasteiger partial charge in [0.2, 0.25) is 0 Å². The lowest BCUT2D eigenvalue weighted by molar-refractivity contribution is 0.146. The number of ether oxygens (including phenoxy) is 2. The second kappa shape index (κ2) is 5.41. The van der Waals surface area contributed by atoms with E-state index in [4.69, 9.17) is 9.47 Å². The van der Waals surface area contributed by atoms with E-state index in [0.717, 1.165) is 22.7 Å². The molecule has 112 valence electrons. The van der Waals surface area contributed by atoms with Gasteiger partial charge in [0.05, 0.1) is 18.3 Å². The number of hydrogen-bond donors (Lipinski definition) is 1. The van der Waals surface area contributed by atoms with Crippen molar-refractivity contribution < 1.29 is 14.6 Å². The zero-order valence-corrected chi connectivity index (χ0v) is 12.6. The van der Waals surface area contributed by atoms with Crippen LogP contribution in [0.2, 0.25) is 0 Å². The first-order valence-electron chi connectivity index (χ1n) is 7.14. The zero-order chi connectivity index (χ0) is 15.0. The van der Waals surface area contributed by atoms with E-state index < -0.39 is 6.10 Å². The molecule has 0 saturated carbocycles. The third-order valence-corrected chi connectivity index (χ3v) is 4.04. The standard InChI is InChI=1S/C16H20N2O3/c1-10-11(2)17-18(12(10)3)9-14(19)13-4-5-15-16(8-13)21-7-6-20-15/h4-5,8,14,19H,6-7,9H2,1-3H3. The van der Waals surface area contributed by atoms with E-state index in [1.165, 1.54) is 5.56 Å². The summed E-state index contributed by atoms with van der Waals surface area (Å²) in [5.41, 5.74) is 4.07. The largest absolute Gasteiger partial charge is 0.486 e. The van der Waals surface area contributed by atoms with Crippen LogP contribution in [-0.4, -0.2) is 28.1 Å². The number of rotatable bonds is 3. The molecule has 0 saturated heterocycles. The Morgan fingerprint density at radius 3 is 2.57 bits per heavy atom. The Kier molecular flexibility index (Phi) is 3.59. The van der Waals surface area contributed by atoms with Crippen LogP contribution < -0.4 is 9.47 Å². The molecule has 0 spiro atoms. The van der Waals surface area contributed by atoms with E-state index in [-0.39, 0.29) is 0 Å². The Balaban J connectivity index is 1.81. The number of aromatic nitrogens is 2. The number of benzene rings is 1. The highest BCUT2D eigenvalue weighted by Gasteiger charge is 2.17. The lowest BCUT2D eigenvalue weighted by Gasteiger charge is -2.20. The zero-order valence-electron chi connectivity index (χ0n) is 12.6. The highest BCUT2D eigenvalue weighted by Crippen LogP contribution is 2.33. The van der Waals surface area contributed by atoms with Gasteiger partial charge in [-0.3, -0.25) is 4.68 Å². The second-order valence-corrected chi connectivity index (χ2v) is 5.40. The molecule has 5 nitrogen and oxygen atoms in total. The maximum absolute atomic E-state index is 10.4. The van der Waals surface area contributed by atoms with Gasteiger partial charge >= 0.3 is 0 Å². The van der Waals surface area contributed by atoms with Crippen molar-refractivity contribution in [3.63, 3.8) is 0 Å².